The van der Waals surface area contributed by atoms with Gasteiger partial charge in [-0.05, 0) is 17.4 Å². The summed E-state index contributed by atoms with van der Waals surface area (Å²) in [6, 6.07) is 34.7. The summed E-state index contributed by atoms with van der Waals surface area (Å²) in [7, 11) is 0. The fourth-order valence-electron chi connectivity index (χ4n) is 6.62. The van der Waals surface area contributed by atoms with Crippen LogP contribution in [0.3, 0.4) is 0 Å². The fourth-order valence-corrected chi connectivity index (χ4v) is 7.38. The Labute approximate surface area is 367 Å². The molecule has 0 nitrogen and oxygen atoms in total. The molecule has 2 aliphatic carbocycles. The number of allylic oxidation sites excluding steroid dienone is 4. The van der Waals surface area contributed by atoms with E-state index in [1.807, 2.05) is 6.07 Å². The molecular formula is C49H46Cl2F6Zr-2. The minimum absolute atomic E-state index is 0. The number of benzene rings is 5. The van der Waals surface area contributed by atoms with E-state index in [4.69, 9.17) is 0 Å². The fraction of sp³-hybridized carbons (Fsp3) is 0.286. The molecule has 9 heteroatoms. The number of rotatable bonds is 3. The van der Waals surface area contributed by atoms with Crippen LogP contribution in [0.15, 0.2) is 121 Å². The summed E-state index contributed by atoms with van der Waals surface area (Å²) >= 11 is 0.729. The van der Waals surface area contributed by atoms with Gasteiger partial charge in [0.2, 0.25) is 0 Å². The van der Waals surface area contributed by atoms with Crippen LogP contribution in [-0.4, -0.2) is 3.21 Å². The Balaban J connectivity index is 0.000000236. The van der Waals surface area contributed by atoms with E-state index in [0.29, 0.717) is 9.12 Å². The quantitative estimate of drug-likeness (QED) is 0.125. The molecule has 0 heterocycles. The van der Waals surface area contributed by atoms with Gasteiger partial charge in [0.1, 0.15) is 0 Å². The van der Waals surface area contributed by atoms with Gasteiger partial charge in [0.25, 0.3) is 0 Å². The van der Waals surface area contributed by atoms with E-state index < -0.39 is 23.5 Å². The second kappa shape index (κ2) is 19.3. The minimum Gasteiger partial charge on any atom is -1.00 e. The second-order valence-corrected chi connectivity index (χ2v) is 17.6. The molecule has 2 aliphatic rings. The summed E-state index contributed by atoms with van der Waals surface area (Å²) in [6.45, 7) is 17.9. The Morgan fingerprint density at radius 3 is 1.60 bits per heavy atom. The number of halogens is 8. The molecule has 0 fully saturated rings. The van der Waals surface area contributed by atoms with Gasteiger partial charge >= 0.3 is 137 Å². The molecule has 1 atom stereocenters. The zero-order valence-electron chi connectivity index (χ0n) is 33.8. The molecule has 0 bridgehead atoms. The summed E-state index contributed by atoms with van der Waals surface area (Å²) in [4.78, 5) is 0. The molecule has 0 saturated heterocycles. The van der Waals surface area contributed by atoms with Gasteiger partial charge in [-0.3, -0.25) is 6.08 Å². The van der Waals surface area contributed by atoms with E-state index in [9.17, 15) is 26.3 Å². The molecule has 0 radical (unpaired) electrons. The summed E-state index contributed by atoms with van der Waals surface area (Å²) in [5.41, 5.74) is 11.6. The van der Waals surface area contributed by atoms with Gasteiger partial charge in [0.05, 0.1) is 0 Å². The van der Waals surface area contributed by atoms with Gasteiger partial charge in [-0.25, -0.2) is 5.57 Å². The average Bonchev–Trinajstić information content (AvgIpc) is 3.68. The predicted molar refractivity (Wildman–Crippen MR) is 213 cm³/mol. The van der Waals surface area contributed by atoms with Crippen molar-refractivity contribution in [1.82, 2.24) is 0 Å². The van der Waals surface area contributed by atoms with E-state index in [2.05, 4.69) is 128 Å². The molecule has 0 aliphatic heterocycles. The van der Waals surface area contributed by atoms with E-state index in [-0.39, 0.29) is 46.8 Å². The van der Waals surface area contributed by atoms with Crippen LogP contribution in [0.25, 0.3) is 16.7 Å². The van der Waals surface area contributed by atoms with E-state index >= 15 is 0 Å². The van der Waals surface area contributed by atoms with Crippen molar-refractivity contribution in [3.8, 4) is 11.1 Å². The monoisotopic (exact) mass is 908 g/mol. The largest absolute Gasteiger partial charge is 1.00 e. The topological polar surface area (TPSA) is 0 Å². The minimum atomic E-state index is -4.49. The van der Waals surface area contributed by atoms with Gasteiger partial charge < -0.3 is 24.8 Å². The van der Waals surface area contributed by atoms with Crippen molar-refractivity contribution in [2.45, 2.75) is 85.0 Å². The summed E-state index contributed by atoms with van der Waals surface area (Å²) in [5, 5.41) is 0. The smallest absolute Gasteiger partial charge is 1.00 e. The molecule has 0 aromatic heterocycles. The third-order valence-corrected chi connectivity index (χ3v) is 11.3. The standard InChI is InChI=1S/C21H25.C15H8F6.C13H13.2ClH.Zr/c1-20(2,3)16-9-7-14-11-15-8-10-17(21(4,5)6)13-19(15)18(14)12-16;16-14(17,18)12-5-1-3-10(8-12)7-11-4-2-6-13(9-11)15(19,20)21;1-10-8-11(2)13(9-10)12-6-4-3-5-7-12;;;/h7,9-10,12-13H,11H2,1-6H3;1-6,8-9H;3-7,9-10H,1-2H3;2*1H;/q-1;;-1;;;+2/p-2. The molecule has 304 valence electrons. The summed E-state index contributed by atoms with van der Waals surface area (Å²) in [5.74, 6) is 0.468. The maximum Gasteiger partial charge on any atom is -1.00 e. The molecule has 0 N–H and O–H groups in total. The third kappa shape index (κ3) is 12.3. The van der Waals surface area contributed by atoms with Crippen molar-refractivity contribution < 1.29 is 75.4 Å². The molecule has 0 saturated carbocycles. The Hall–Kier alpha value is -3.51. The van der Waals surface area contributed by atoms with Gasteiger partial charge in [-0.15, -0.1) is 11.1 Å². The first-order chi connectivity index (χ1) is 26.0. The van der Waals surface area contributed by atoms with Crippen LogP contribution in [0, 0.1) is 18.1 Å². The maximum absolute atomic E-state index is 12.7. The summed E-state index contributed by atoms with van der Waals surface area (Å²) < 4.78 is 76.7. The molecule has 5 aromatic carbocycles. The number of hydrogen-bond donors (Lipinski definition) is 0. The van der Waals surface area contributed by atoms with Crippen molar-refractivity contribution in [3.05, 3.63) is 183 Å². The Kier molecular flexibility index (Phi) is 16.2. The van der Waals surface area contributed by atoms with Gasteiger partial charge in [-0.2, -0.15) is 41.0 Å². The zero-order chi connectivity index (χ0) is 41.2. The van der Waals surface area contributed by atoms with E-state index in [1.54, 1.807) is 0 Å². The van der Waals surface area contributed by atoms with Crippen molar-refractivity contribution >= 4 is 8.78 Å². The van der Waals surface area contributed by atoms with Crippen LogP contribution in [0.4, 0.5) is 26.3 Å². The van der Waals surface area contributed by atoms with Crippen LogP contribution in [0.2, 0.25) is 0 Å². The number of fused-ring (bicyclic) bond motifs is 3. The first-order valence-corrected chi connectivity index (χ1v) is 19.8. The van der Waals surface area contributed by atoms with Crippen molar-refractivity contribution in [3.63, 3.8) is 0 Å². The molecule has 7 rings (SSSR count). The molecule has 1 unspecified atom stereocenters. The number of alkyl halides is 6. The van der Waals surface area contributed by atoms with E-state index in [0.717, 1.165) is 54.9 Å². The SMILES string of the molecule is CC(C)(C)c1c[c-]c2c(c1)-c1cc(C(C)(C)C)ccc1C2.CC1=[C-]C(C)C=C1c1ccccc1.FC(F)(F)c1cccc([C](=[Zr+2])c2cccc(C(F)(F)F)c2)c1.[Cl-].[Cl-]. The van der Waals surface area contributed by atoms with E-state index in [1.165, 1.54) is 74.4 Å². The average molecular weight is 911 g/mol. The van der Waals surface area contributed by atoms with Crippen LogP contribution in [0.1, 0.15) is 105 Å². The van der Waals surface area contributed by atoms with Gasteiger partial charge in [-0.1, -0.05) is 126 Å². The van der Waals surface area contributed by atoms with Crippen molar-refractivity contribution in [1.29, 1.82) is 0 Å². The third-order valence-electron chi connectivity index (χ3n) is 9.83. The maximum atomic E-state index is 12.7. The van der Waals surface area contributed by atoms with Crippen molar-refractivity contribution in [2.24, 2.45) is 5.92 Å². The number of hydrogen-bond acceptors (Lipinski definition) is 0. The van der Waals surface area contributed by atoms with Crippen LogP contribution in [0.5, 0.6) is 0 Å². The molecule has 5 aromatic rings. The Bertz CT molecular complexity index is 2150. The van der Waals surface area contributed by atoms with Gasteiger partial charge in [0.15, 0.2) is 0 Å². The van der Waals surface area contributed by atoms with Crippen LogP contribution in [-0.2, 0) is 53.8 Å². The Morgan fingerprint density at radius 1 is 0.621 bits per heavy atom. The normalized spacial score (nSPS) is 14.5. The second-order valence-electron chi connectivity index (χ2n) is 16.4. The van der Waals surface area contributed by atoms with Crippen LogP contribution >= 0.6 is 0 Å². The molecule has 0 amide bonds. The molecular weight excluding hydrogens is 865 g/mol. The predicted octanol–water partition coefficient (Wildman–Crippen LogP) is 7.97. The van der Waals surface area contributed by atoms with Crippen LogP contribution < -0.4 is 24.8 Å². The first-order valence-electron chi connectivity index (χ1n) is 18.5. The summed E-state index contributed by atoms with van der Waals surface area (Å²) in [6.07, 6.45) is -2.29. The molecule has 0 spiro atoms. The first kappa shape index (κ1) is 48.9. The molecule has 58 heavy (non-hydrogen) atoms. The van der Waals surface area contributed by atoms with Gasteiger partial charge in [0, 0.05) is 0 Å². The zero-order valence-corrected chi connectivity index (χ0v) is 37.7. The Morgan fingerprint density at radius 2 is 1.14 bits per heavy atom. The van der Waals surface area contributed by atoms with Crippen molar-refractivity contribution in [2.75, 3.05) is 0 Å².